The minimum atomic E-state index is -3.47. The molecule has 0 aromatic carbocycles. The summed E-state index contributed by atoms with van der Waals surface area (Å²) in [6.45, 7) is 0. The number of aromatic nitrogens is 1. The maximum Gasteiger partial charge on any atom is 0.303 e. The fourth-order valence-electron chi connectivity index (χ4n) is 1.06. The lowest BCUT2D eigenvalue weighted by molar-refractivity contribution is -0.137. The van der Waals surface area contributed by atoms with Crippen LogP contribution in [0.4, 0.5) is 5.69 Å². The number of carbonyl (C=O) groups is 1. The van der Waals surface area contributed by atoms with E-state index in [-0.39, 0.29) is 18.6 Å². The van der Waals surface area contributed by atoms with Crippen LogP contribution in [-0.4, -0.2) is 30.2 Å². The van der Waals surface area contributed by atoms with Crippen LogP contribution in [0.2, 0.25) is 0 Å². The third kappa shape index (κ3) is 4.74. The van der Waals surface area contributed by atoms with E-state index in [1.165, 1.54) is 24.5 Å². The van der Waals surface area contributed by atoms with Crippen LogP contribution in [0.5, 0.6) is 0 Å². The van der Waals surface area contributed by atoms with Crippen LogP contribution in [-0.2, 0) is 14.8 Å². The zero-order valence-electron chi connectivity index (χ0n) is 8.46. The van der Waals surface area contributed by atoms with Gasteiger partial charge in [-0.1, -0.05) is 0 Å². The number of sulfonamides is 1. The fraction of sp³-hybridized carbons (Fsp3) is 0.333. The second kappa shape index (κ2) is 5.45. The molecule has 0 aliphatic carbocycles. The maximum atomic E-state index is 11.5. The van der Waals surface area contributed by atoms with E-state index < -0.39 is 16.0 Å². The van der Waals surface area contributed by atoms with Crippen molar-refractivity contribution in [2.75, 3.05) is 10.5 Å². The van der Waals surface area contributed by atoms with Crippen molar-refractivity contribution in [3.05, 3.63) is 24.5 Å². The largest absolute Gasteiger partial charge is 0.481 e. The zero-order chi connectivity index (χ0) is 12.0. The average molecular weight is 244 g/mol. The molecule has 0 saturated heterocycles. The smallest absolute Gasteiger partial charge is 0.303 e. The summed E-state index contributed by atoms with van der Waals surface area (Å²) in [4.78, 5) is 14.0. The van der Waals surface area contributed by atoms with Crippen LogP contribution in [0.3, 0.4) is 0 Å². The summed E-state index contributed by atoms with van der Waals surface area (Å²) in [6, 6.07) is 3.05. The van der Waals surface area contributed by atoms with Gasteiger partial charge < -0.3 is 5.11 Å². The van der Waals surface area contributed by atoms with Gasteiger partial charge in [0.25, 0.3) is 0 Å². The molecular weight excluding hydrogens is 232 g/mol. The molecule has 88 valence electrons. The summed E-state index contributed by atoms with van der Waals surface area (Å²) in [7, 11) is -3.47. The molecule has 0 unspecified atom stereocenters. The second-order valence-corrected chi connectivity index (χ2v) is 5.00. The second-order valence-electron chi connectivity index (χ2n) is 3.15. The maximum absolute atomic E-state index is 11.5. The van der Waals surface area contributed by atoms with Crippen molar-refractivity contribution in [2.24, 2.45) is 0 Å². The van der Waals surface area contributed by atoms with E-state index in [1.54, 1.807) is 0 Å². The molecule has 0 fully saturated rings. The van der Waals surface area contributed by atoms with Gasteiger partial charge in [-0.05, 0) is 18.6 Å². The predicted molar refractivity (Wildman–Crippen MR) is 58.5 cm³/mol. The van der Waals surface area contributed by atoms with E-state index in [4.69, 9.17) is 5.11 Å². The quantitative estimate of drug-likeness (QED) is 0.767. The van der Waals surface area contributed by atoms with Crippen molar-refractivity contribution in [1.29, 1.82) is 0 Å². The van der Waals surface area contributed by atoms with Crippen LogP contribution in [0.1, 0.15) is 12.8 Å². The highest BCUT2D eigenvalue weighted by Crippen LogP contribution is 2.07. The molecule has 0 saturated carbocycles. The number of aliphatic carboxylic acids is 1. The lowest BCUT2D eigenvalue weighted by Crippen LogP contribution is -2.17. The third-order valence-corrected chi connectivity index (χ3v) is 3.13. The number of carboxylic acids is 1. The molecule has 1 rings (SSSR count). The summed E-state index contributed by atoms with van der Waals surface area (Å²) in [5.41, 5.74) is 0.422. The van der Waals surface area contributed by atoms with Gasteiger partial charge in [0.15, 0.2) is 0 Å². The van der Waals surface area contributed by atoms with Crippen molar-refractivity contribution >= 4 is 21.7 Å². The highest BCUT2D eigenvalue weighted by molar-refractivity contribution is 7.92. The molecule has 1 aromatic heterocycles. The minimum absolute atomic E-state index is 0.0930. The Balaban J connectivity index is 2.49. The molecule has 0 atom stereocenters. The predicted octanol–water partition coefficient (Wildman–Crippen LogP) is 0.688. The summed E-state index contributed by atoms with van der Waals surface area (Å²) in [5, 5.41) is 8.38. The van der Waals surface area contributed by atoms with E-state index in [0.29, 0.717) is 5.69 Å². The van der Waals surface area contributed by atoms with Gasteiger partial charge in [0.05, 0.1) is 11.4 Å². The Kier molecular flexibility index (Phi) is 4.24. The normalized spacial score (nSPS) is 11.0. The van der Waals surface area contributed by atoms with Crippen molar-refractivity contribution in [3.8, 4) is 0 Å². The summed E-state index contributed by atoms with van der Waals surface area (Å²) in [5.74, 6) is -1.21. The summed E-state index contributed by atoms with van der Waals surface area (Å²) < 4.78 is 25.2. The average Bonchev–Trinajstić information content (AvgIpc) is 2.17. The first-order valence-corrected chi connectivity index (χ1v) is 6.27. The Hall–Kier alpha value is -1.63. The van der Waals surface area contributed by atoms with Gasteiger partial charge in [0.2, 0.25) is 10.0 Å². The van der Waals surface area contributed by atoms with Gasteiger partial charge in [-0.3, -0.25) is 14.5 Å². The summed E-state index contributed by atoms with van der Waals surface area (Å²) in [6.07, 6.45) is 2.87. The molecule has 6 nitrogen and oxygen atoms in total. The highest BCUT2D eigenvalue weighted by Gasteiger charge is 2.10. The summed E-state index contributed by atoms with van der Waals surface area (Å²) >= 11 is 0. The van der Waals surface area contributed by atoms with Gasteiger partial charge in [0.1, 0.15) is 0 Å². The molecule has 16 heavy (non-hydrogen) atoms. The first-order chi connectivity index (χ1) is 7.49. The Morgan fingerprint density at radius 3 is 2.56 bits per heavy atom. The molecule has 7 heteroatoms. The molecular formula is C9H12N2O4S. The molecule has 0 spiro atoms. The number of anilines is 1. The van der Waals surface area contributed by atoms with Crippen molar-refractivity contribution in [1.82, 2.24) is 4.98 Å². The number of hydrogen-bond acceptors (Lipinski definition) is 4. The Bertz CT molecular complexity index is 444. The monoisotopic (exact) mass is 244 g/mol. The van der Waals surface area contributed by atoms with Crippen LogP contribution < -0.4 is 4.72 Å². The van der Waals surface area contributed by atoms with Crippen molar-refractivity contribution in [2.45, 2.75) is 12.8 Å². The number of hydrogen-bond donors (Lipinski definition) is 2. The zero-order valence-corrected chi connectivity index (χ0v) is 9.27. The minimum Gasteiger partial charge on any atom is -0.481 e. The molecule has 1 aromatic rings. The van der Waals surface area contributed by atoms with Crippen LogP contribution in [0, 0.1) is 0 Å². The van der Waals surface area contributed by atoms with Crippen LogP contribution >= 0.6 is 0 Å². The van der Waals surface area contributed by atoms with E-state index in [0.717, 1.165) is 0 Å². The topological polar surface area (TPSA) is 96.4 Å². The number of nitrogens with zero attached hydrogens (tertiary/aromatic N) is 1. The Labute approximate surface area is 93.4 Å². The van der Waals surface area contributed by atoms with E-state index in [9.17, 15) is 13.2 Å². The van der Waals surface area contributed by atoms with E-state index in [1.807, 2.05) is 0 Å². The number of nitrogens with one attached hydrogen (secondary N) is 1. The number of pyridine rings is 1. The molecule has 0 radical (unpaired) electrons. The number of carboxylic acid groups (broad SMARTS) is 1. The molecule has 0 bridgehead atoms. The lowest BCUT2D eigenvalue weighted by atomic mass is 10.3. The van der Waals surface area contributed by atoms with Gasteiger partial charge in [-0.2, -0.15) is 0 Å². The lowest BCUT2D eigenvalue weighted by Gasteiger charge is -2.06. The Morgan fingerprint density at radius 1 is 1.38 bits per heavy atom. The van der Waals surface area contributed by atoms with Gasteiger partial charge in [-0.15, -0.1) is 0 Å². The van der Waals surface area contributed by atoms with Crippen molar-refractivity contribution in [3.63, 3.8) is 0 Å². The van der Waals surface area contributed by atoms with Crippen LogP contribution in [0.15, 0.2) is 24.5 Å². The highest BCUT2D eigenvalue weighted by atomic mass is 32.2. The van der Waals surface area contributed by atoms with Gasteiger partial charge in [0, 0.05) is 18.8 Å². The SMILES string of the molecule is O=C(O)CCCS(=O)(=O)Nc1ccncc1. The third-order valence-electron chi connectivity index (χ3n) is 1.76. The number of rotatable bonds is 6. The van der Waals surface area contributed by atoms with Gasteiger partial charge >= 0.3 is 5.97 Å². The first-order valence-electron chi connectivity index (χ1n) is 4.62. The van der Waals surface area contributed by atoms with E-state index in [2.05, 4.69) is 9.71 Å². The standard InChI is InChI=1S/C9H12N2O4S/c12-9(13)2-1-7-16(14,15)11-8-3-5-10-6-4-8/h3-6H,1-2,7H2,(H,10,11)(H,12,13). The Morgan fingerprint density at radius 2 is 2.00 bits per heavy atom. The fourth-order valence-corrected chi connectivity index (χ4v) is 2.19. The molecule has 0 aliphatic rings. The molecule has 0 amide bonds. The first kappa shape index (κ1) is 12.4. The molecule has 2 N–H and O–H groups in total. The molecule has 1 heterocycles. The van der Waals surface area contributed by atoms with Gasteiger partial charge in [-0.25, -0.2) is 8.42 Å². The van der Waals surface area contributed by atoms with Crippen molar-refractivity contribution < 1.29 is 18.3 Å². The molecule has 0 aliphatic heterocycles. The van der Waals surface area contributed by atoms with E-state index >= 15 is 0 Å². The van der Waals surface area contributed by atoms with Crippen LogP contribution in [0.25, 0.3) is 0 Å².